The van der Waals surface area contributed by atoms with Crippen molar-refractivity contribution in [2.45, 2.75) is 13.3 Å². The molecule has 0 aliphatic rings. The Bertz CT molecular complexity index is 1020. The highest BCUT2D eigenvalue weighted by molar-refractivity contribution is 5.96. The predicted molar refractivity (Wildman–Crippen MR) is 95.8 cm³/mol. The van der Waals surface area contributed by atoms with Crippen LogP contribution < -0.4 is 0 Å². The van der Waals surface area contributed by atoms with Gasteiger partial charge in [-0.1, -0.05) is 31.2 Å². The number of aryl methyl sites for hydroxylation is 1. The number of benzene rings is 1. The summed E-state index contributed by atoms with van der Waals surface area (Å²) >= 11 is 0. The number of rotatable bonds is 3. The number of fused-ring (bicyclic) bond motifs is 1. The number of aromatic nitrogens is 3. The first-order valence-electron chi connectivity index (χ1n) is 7.97. The first-order valence-corrected chi connectivity index (χ1v) is 7.97. The Hall–Kier alpha value is -3.14. The molecule has 4 rings (SSSR count). The highest BCUT2D eigenvalue weighted by Crippen LogP contribution is 2.33. The van der Waals surface area contributed by atoms with Crippen molar-refractivity contribution in [1.82, 2.24) is 15.0 Å². The van der Waals surface area contributed by atoms with E-state index in [9.17, 15) is 5.11 Å². The summed E-state index contributed by atoms with van der Waals surface area (Å²) in [5.74, 6) is 0.0122. The van der Waals surface area contributed by atoms with Crippen LogP contribution in [0.25, 0.3) is 33.3 Å². The molecule has 0 unspecified atom stereocenters. The Morgan fingerprint density at radius 2 is 1.88 bits per heavy atom. The lowest BCUT2D eigenvalue weighted by molar-refractivity contribution is 0.454. The van der Waals surface area contributed by atoms with Gasteiger partial charge in [-0.25, -0.2) is 9.97 Å². The highest BCUT2D eigenvalue weighted by Gasteiger charge is 2.11. The van der Waals surface area contributed by atoms with E-state index in [4.69, 9.17) is 0 Å². The molecule has 0 aliphatic carbocycles. The SMILES string of the molecule is CCc1ccccc1-c1c[nH]c2ncc(-c3ccnc(O)c3)cc12. The van der Waals surface area contributed by atoms with Gasteiger partial charge in [0, 0.05) is 41.2 Å². The molecule has 4 nitrogen and oxygen atoms in total. The molecule has 0 aliphatic heterocycles. The van der Waals surface area contributed by atoms with E-state index in [-0.39, 0.29) is 5.88 Å². The Morgan fingerprint density at radius 3 is 2.71 bits per heavy atom. The second-order valence-electron chi connectivity index (χ2n) is 5.74. The molecule has 0 radical (unpaired) electrons. The summed E-state index contributed by atoms with van der Waals surface area (Å²) in [5, 5.41) is 10.7. The fraction of sp³-hybridized carbons (Fsp3) is 0.100. The molecule has 0 saturated carbocycles. The van der Waals surface area contributed by atoms with Crippen LogP contribution in [-0.4, -0.2) is 20.1 Å². The summed E-state index contributed by atoms with van der Waals surface area (Å²) in [6.07, 6.45) is 6.40. The second-order valence-corrected chi connectivity index (χ2v) is 5.74. The summed E-state index contributed by atoms with van der Waals surface area (Å²) in [6.45, 7) is 2.16. The van der Waals surface area contributed by atoms with E-state index in [0.717, 1.165) is 34.1 Å². The summed E-state index contributed by atoms with van der Waals surface area (Å²) in [4.78, 5) is 11.6. The van der Waals surface area contributed by atoms with Gasteiger partial charge >= 0.3 is 0 Å². The largest absolute Gasteiger partial charge is 0.493 e. The summed E-state index contributed by atoms with van der Waals surface area (Å²) in [6, 6.07) is 14.1. The minimum Gasteiger partial charge on any atom is -0.493 e. The minimum absolute atomic E-state index is 0.0122. The Morgan fingerprint density at radius 1 is 1.00 bits per heavy atom. The molecular weight excluding hydrogens is 298 g/mol. The third-order valence-electron chi connectivity index (χ3n) is 4.30. The maximum atomic E-state index is 9.61. The quantitative estimate of drug-likeness (QED) is 0.582. The van der Waals surface area contributed by atoms with Gasteiger partial charge in [-0.15, -0.1) is 0 Å². The van der Waals surface area contributed by atoms with Crippen LogP contribution in [0.2, 0.25) is 0 Å². The minimum atomic E-state index is 0.0122. The monoisotopic (exact) mass is 315 g/mol. The number of pyridine rings is 2. The molecule has 0 saturated heterocycles. The molecule has 3 aromatic heterocycles. The van der Waals surface area contributed by atoms with E-state index in [1.807, 2.05) is 18.5 Å². The van der Waals surface area contributed by atoms with Crippen molar-refractivity contribution >= 4 is 11.0 Å². The average molecular weight is 315 g/mol. The normalized spacial score (nSPS) is 11.0. The van der Waals surface area contributed by atoms with Crippen LogP contribution in [0.15, 0.2) is 61.1 Å². The Kier molecular flexibility index (Phi) is 3.50. The molecule has 0 fully saturated rings. The molecule has 0 bridgehead atoms. The Labute approximate surface area is 139 Å². The highest BCUT2D eigenvalue weighted by atomic mass is 16.3. The predicted octanol–water partition coefficient (Wildman–Crippen LogP) is 4.56. The van der Waals surface area contributed by atoms with Crippen molar-refractivity contribution in [3.05, 3.63) is 66.6 Å². The van der Waals surface area contributed by atoms with E-state index in [2.05, 4.69) is 52.2 Å². The molecule has 0 spiro atoms. The Balaban J connectivity index is 1.91. The molecule has 2 N–H and O–H groups in total. The lowest BCUT2D eigenvalue weighted by Gasteiger charge is -2.07. The number of aromatic hydroxyl groups is 1. The lowest BCUT2D eigenvalue weighted by Crippen LogP contribution is -1.87. The second kappa shape index (κ2) is 5.81. The molecule has 0 amide bonds. The van der Waals surface area contributed by atoms with Gasteiger partial charge in [-0.2, -0.15) is 0 Å². The van der Waals surface area contributed by atoms with Crippen LogP contribution in [0.4, 0.5) is 0 Å². The van der Waals surface area contributed by atoms with Crippen LogP contribution in [0.3, 0.4) is 0 Å². The number of hydrogen-bond acceptors (Lipinski definition) is 3. The first-order chi connectivity index (χ1) is 11.8. The van der Waals surface area contributed by atoms with Crippen LogP contribution in [0.5, 0.6) is 5.88 Å². The number of nitrogens with zero attached hydrogens (tertiary/aromatic N) is 2. The van der Waals surface area contributed by atoms with Crippen LogP contribution in [-0.2, 0) is 6.42 Å². The van der Waals surface area contributed by atoms with E-state index in [1.165, 1.54) is 11.1 Å². The summed E-state index contributed by atoms with van der Waals surface area (Å²) in [7, 11) is 0. The van der Waals surface area contributed by atoms with Crippen molar-refractivity contribution in [3.8, 4) is 28.1 Å². The van der Waals surface area contributed by atoms with E-state index in [1.54, 1.807) is 12.3 Å². The molecule has 24 heavy (non-hydrogen) atoms. The molecule has 1 aromatic carbocycles. The van der Waals surface area contributed by atoms with Crippen molar-refractivity contribution in [2.75, 3.05) is 0 Å². The smallest absolute Gasteiger partial charge is 0.211 e. The standard InChI is InChI=1S/C20H17N3O/c1-2-13-5-3-4-6-16(13)18-12-23-20-17(18)9-15(11-22-20)14-7-8-21-19(24)10-14/h3-12H,2H2,1H3,(H,21,24)(H,22,23). The van der Waals surface area contributed by atoms with Gasteiger partial charge in [0.2, 0.25) is 5.88 Å². The van der Waals surface area contributed by atoms with Gasteiger partial charge in [0.1, 0.15) is 5.65 Å². The van der Waals surface area contributed by atoms with Gasteiger partial charge < -0.3 is 10.1 Å². The summed E-state index contributed by atoms with van der Waals surface area (Å²) in [5.41, 5.74) is 6.39. The maximum absolute atomic E-state index is 9.61. The van der Waals surface area contributed by atoms with E-state index in [0.29, 0.717) is 0 Å². The van der Waals surface area contributed by atoms with E-state index < -0.39 is 0 Å². The number of aromatic amines is 1. The van der Waals surface area contributed by atoms with Crippen LogP contribution in [0, 0.1) is 0 Å². The lowest BCUT2D eigenvalue weighted by atomic mass is 9.97. The molecule has 118 valence electrons. The van der Waals surface area contributed by atoms with Crippen molar-refractivity contribution < 1.29 is 5.11 Å². The number of hydrogen-bond donors (Lipinski definition) is 2. The maximum Gasteiger partial charge on any atom is 0.211 e. The van der Waals surface area contributed by atoms with Crippen molar-refractivity contribution in [3.63, 3.8) is 0 Å². The van der Waals surface area contributed by atoms with Gasteiger partial charge in [-0.05, 0) is 35.2 Å². The molecule has 0 atom stereocenters. The average Bonchev–Trinajstić information content (AvgIpc) is 3.04. The molecule has 3 heterocycles. The molecular formula is C20H17N3O. The molecule has 4 aromatic rings. The molecule has 4 heteroatoms. The topological polar surface area (TPSA) is 61.8 Å². The fourth-order valence-corrected chi connectivity index (χ4v) is 3.07. The van der Waals surface area contributed by atoms with E-state index >= 15 is 0 Å². The number of H-pyrrole nitrogens is 1. The van der Waals surface area contributed by atoms with Crippen molar-refractivity contribution in [2.24, 2.45) is 0 Å². The zero-order chi connectivity index (χ0) is 16.5. The van der Waals surface area contributed by atoms with Crippen molar-refractivity contribution in [1.29, 1.82) is 0 Å². The fourth-order valence-electron chi connectivity index (χ4n) is 3.07. The van der Waals surface area contributed by atoms with Gasteiger partial charge in [0.25, 0.3) is 0 Å². The van der Waals surface area contributed by atoms with Gasteiger partial charge in [-0.3, -0.25) is 0 Å². The van der Waals surface area contributed by atoms with Crippen LogP contribution in [0.1, 0.15) is 12.5 Å². The third kappa shape index (κ3) is 2.42. The zero-order valence-corrected chi connectivity index (χ0v) is 13.3. The first kappa shape index (κ1) is 14.5. The summed E-state index contributed by atoms with van der Waals surface area (Å²) < 4.78 is 0. The van der Waals surface area contributed by atoms with Gasteiger partial charge in [0.15, 0.2) is 0 Å². The zero-order valence-electron chi connectivity index (χ0n) is 13.3. The van der Waals surface area contributed by atoms with Crippen LogP contribution >= 0.6 is 0 Å². The third-order valence-corrected chi connectivity index (χ3v) is 4.30. The van der Waals surface area contributed by atoms with Gasteiger partial charge in [0.05, 0.1) is 0 Å². The number of nitrogens with one attached hydrogen (secondary N) is 1.